The van der Waals surface area contributed by atoms with Crippen LogP contribution in [0.1, 0.15) is 65.5 Å². The Morgan fingerprint density at radius 1 is 0.740 bits per heavy atom. The van der Waals surface area contributed by atoms with Crippen molar-refractivity contribution in [2.24, 2.45) is 0 Å². The van der Waals surface area contributed by atoms with Crippen LogP contribution in [0.4, 0.5) is 18.4 Å². The molecule has 2 amide bonds. The van der Waals surface area contributed by atoms with Crippen LogP contribution < -0.4 is 0 Å². The minimum atomic E-state index is -0.580. The molecule has 0 fully saturated rings. The van der Waals surface area contributed by atoms with Gasteiger partial charge in [-0.2, -0.15) is 0 Å². The van der Waals surface area contributed by atoms with Crippen LogP contribution in [0.15, 0.2) is 48.6 Å². The van der Waals surface area contributed by atoms with Gasteiger partial charge in [0.15, 0.2) is 11.6 Å². The predicted molar refractivity (Wildman–Crippen MR) is 190 cm³/mol. The van der Waals surface area contributed by atoms with Gasteiger partial charge in [-0.3, -0.25) is 0 Å². The smallest absolute Gasteiger partial charge is 0.410 e. The third kappa shape index (κ3) is 8.95. The number of nitrogens with zero attached hydrogens (tertiary/aromatic N) is 6. The predicted octanol–water partition coefficient (Wildman–Crippen LogP) is 7.50. The van der Waals surface area contributed by atoms with E-state index in [1.54, 1.807) is 26.5 Å². The number of ether oxygens (including phenoxy) is 2. The van der Waals surface area contributed by atoms with Gasteiger partial charge in [0.2, 0.25) is 0 Å². The standard InChI is InChI=1S/C38H48F2N6O4/c1-37(2,3)49-35(47)44-17-13-25(14-18-44)27-9-11-29(31(39)23-27)33-41-42-34(46(33)22-21-43(7)8)30-12-10-28(24-32(30)40)26-15-19-45(20-16-26)36(48)50-38(4,5)6/h9-13,15,23-24H,14,16-22H2,1-8H3. The molecule has 3 aromatic rings. The Balaban J connectivity index is 1.37. The Hall–Kier alpha value is -4.58. The van der Waals surface area contributed by atoms with Gasteiger partial charge in [0.1, 0.15) is 22.8 Å². The quantitative estimate of drug-likeness (QED) is 0.254. The van der Waals surface area contributed by atoms with Crippen molar-refractivity contribution in [3.63, 3.8) is 0 Å². The van der Waals surface area contributed by atoms with Crippen molar-refractivity contribution in [1.29, 1.82) is 0 Å². The maximum Gasteiger partial charge on any atom is 0.410 e. The summed E-state index contributed by atoms with van der Waals surface area (Å²) < 4.78 is 44.4. The number of hydrogen-bond donors (Lipinski definition) is 0. The molecule has 5 rings (SSSR count). The average Bonchev–Trinajstić information content (AvgIpc) is 3.45. The zero-order valence-electron chi connectivity index (χ0n) is 30.3. The Morgan fingerprint density at radius 3 is 1.48 bits per heavy atom. The number of rotatable bonds is 7. The first-order chi connectivity index (χ1) is 23.5. The molecule has 2 aliphatic heterocycles. The molecule has 268 valence electrons. The summed E-state index contributed by atoms with van der Waals surface area (Å²) in [5, 5.41) is 8.72. The molecule has 0 aliphatic carbocycles. The highest BCUT2D eigenvalue weighted by Gasteiger charge is 2.27. The molecule has 1 aromatic heterocycles. The summed E-state index contributed by atoms with van der Waals surface area (Å²) in [7, 11) is 3.86. The van der Waals surface area contributed by atoms with Crippen LogP contribution in [0.2, 0.25) is 0 Å². The van der Waals surface area contributed by atoms with Gasteiger partial charge in [-0.25, -0.2) is 18.4 Å². The Morgan fingerprint density at radius 2 is 1.16 bits per heavy atom. The molecular formula is C38H48F2N6O4. The van der Waals surface area contributed by atoms with Crippen molar-refractivity contribution in [2.75, 3.05) is 46.8 Å². The summed E-state index contributed by atoms with van der Waals surface area (Å²) in [4.78, 5) is 30.2. The van der Waals surface area contributed by atoms with E-state index in [-0.39, 0.29) is 23.3 Å². The molecule has 2 aliphatic rings. The highest BCUT2D eigenvalue weighted by Crippen LogP contribution is 2.33. The summed E-state index contributed by atoms with van der Waals surface area (Å²) in [6.07, 6.45) is 4.24. The van der Waals surface area contributed by atoms with Crippen molar-refractivity contribution in [2.45, 2.75) is 72.1 Å². The second kappa shape index (κ2) is 14.7. The first-order valence-electron chi connectivity index (χ1n) is 17.0. The SMILES string of the molecule is CN(C)CCn1c(-c2ccc(C3=CCN(C(=O)OC(C)(C)C)CC3)cc2F)nnc1-c1ccc(C2=CCN(C(=O)OC(C)(C)C)CC2)cc1F. The maximum absolute atomic E-state index is 15.9. The number of aromatic nitrogens is 3. The number of halogens is 2. The fourth-order valence-electron chi connectivity index (χ4n) is 5.85. The largest absolute Gasteiger partial charge is 0.444 e. The lowest BCUT2D eigenvalue weighted by Crippen LogP contribution is -2.39. The van der Waals surface area contributed by atoms with E-state index in [0.29, 0.717) is 63.8 Å². The van der Waals surface area contributed by atoms with E-state index in [4.69, 9.17) is 9.47 Å². The van der Waals surface area contributed by atoms with Gasteiger partial charge >= 0.3 is 12.2 Å². The molecule has 0 unspecified atom stereocenters. The number of likely N-dealkylation sites (N-methyl/N-ethyl adjacent to an activating group) is 1. The molecule has 0 N–H and O–H groups in total. The maximum atomic E-state index is 15.9. The highest BCUT2D eigenvalue weighted by molar-refractivity contribution is 5.76. The number of hydrogen-bond acceptors (Lipinski definition) is 7. The van der Waals surface area contributed by atoms with E-state index in [2.05, 4.69) is 10.2 Å². The number of amides is 2. The van der Waals surface area contributed by atoms with Gasteiger partial charge in [-0.1, -0.05) is 24.3 Å². The lowest BCUT2D eigenvalue weighted by Gasteiger charge is -2.29. The highest BCUT2D eigenvalue weighted by atomic mass is 19.1. The number of benzene rings is 2. The Labute approximate surface area is 293 Å². The zero-order chi connectivity index (χ0) is 36.4. The zero-order valence-corrected chi connectivity index (χ0v) is 30.3. The van der Waals surface area contributed by atoms with E-state index in [0.717, 1.165) is 22.3 Å². The van der Waals surface area contributed by atoms with Crippen molar-refractivity contribution in [1.82, 2.24) is 29.5 Å². The van der Waals surface area contributed by atoms with Gasteiger partial charge in [0.25, 0.3) is 0 Å². The molecule has 0 spiro atoms. The van der Waals surface area contributed by atoms with Crippen LogP contribution in [0.3, 0.4) is 0 Å². The molecule has 0 radical (unpaired) electrons. The fraction of sp³-hybridized carbons (Fsp3) is 0.474. The van der Waals surface area contributed by atoms with Gasteiger partial charge < -0.3 is 28.7 Å². The van der Waals surface area contributed by atoms with Crippen molar-refractivity contribution < 1.29 is 27.8 Å². The minimum absolute atomic E-state index is 0.261. The van der Waals surface area contributed by atoms with E-state index < -0.39 is 22.8 Å². The molecule has 0 saturated carbocycles. The Bertz CT molecular complexity index is 1680. The van der Waals surface area contributed by atoms with E-state index >= 15 is 8.78 Å². The molecule has 0 atom stereocenters. The third-order valence-electron chi connectivity index (χ3n) is 8.40. The van der Waals surface area contributed by atoms with Crippen LogP contribution in [0.25, 0.3) is 33.9 Å². The van der Waals surface area contributed by atoms with Crippen molar-refractivity contribution >= 4 is 23.3 Å². The van der Waals surface area contributed by atoms with E-state index in [1.807, 2.05) is 84.8 Å². The third-order valence-corrected chi connectivity index (χ3v) is 8.40. The number of carbonyl (C=O) groups is 2. The summed E-state index contributed by atoms with van der Waals surface area (Å²) >= 11 is 0. The topological polar surface area (TPSA) is 93.0 Å². The van der Waals surface area contributed by atoms with E-state index in [1.165, 1.54) is 12.1 Å². The first-order valence-corrected chi connectivity index (χ1v) is 17.0. The Kier molecular flexibility index (Phi) is 10.8. The van der Waals surface area contributed by atoms with Crippen LogP contribution in [0, 0.1) is 11.6 Å². The van der Waals surface area contributed by atoms with Crippen molar-refractivity contribution in [3.05, 3.63) is 71.3 Å². The fourth-order valence-corrected chi connectivity index (χ4v) is 5.85. The molecule has 50 heavy (non-hydrogen) atoms. The van der Waals surface area contributed by atoms with Crippen LogP contribution >= 0.6 is 0 Å². The number of carbonyl (C=O) groups excluding carboxylic acids is 2. The average molecular weight is 691 g/mol. The first kappa shape index (κ1) is 36.7. The summed E-state index contributed by atoms with van der Waals surface area (Å²) in [6, 6.07) is 10.0. The van der Waals surface area contributed by atoms with Crippen molar-refractivity contribution in [3.8, 4) is 22.8 Å². The van der Waals surface area contributed by atoms with Crippen LogP contribution in [-0.2, 0) is 16.0 Å². The normalized spacial score (nSPS) is 15.6. The van der Waals surface area contributed by atoms with Gasteiger partial charge in [0.05, 0.1) is 11.1 Å². The molecule has 0 bridgehead atoms. The monoisotopic (exact) mass is 690 g/mol. The van der Waals surface area contributed by atoms with Gasteiger partial charge in [-0.15, -0.1) is 10.2 Å². The molecule has 0 saturated heterocycles. The summed E-state index contributed by atoms with van der Waals surface area (Å²) in [5.41, 5.74) is 2.70. The van der Waals surface area contributed by atoms with Gasteiger partial charge in [0, 0.05) is 39.3 Å². The second-order valence-corrected chi connectivity index (χ2v) is 15.0. The van der Waals surface area contributed by atoms with Gasteiger partial charge in [-0.05, 0) is 115 Å². The lowest BCUT2D eigenvalue weighted by molar-refractivity contribution is 0.0260. The molecule has 3 heterocycles. The molecule has 2 aromatic carbocycles. The van der Waals surface area contributed by atoms with Crippen LogP contribution in [-0.4, -0.2) is 99.7 Å². The van der Waals surface area contributed by atoms with E-state index in [9.17, 15) is 9.59 Å². The lowest BCUT2D eigenvalue weighted by atomic mass is 9.97. The molecule has 12 heteroatoms. The molecule has 10 nitrogen and oxygen atoms in total. The summed E-state index contributed by atoms with van der Waals surface area (Å²) in [6.45, 7) is 13.7. The molecular weight excluding hydrogens is 642 g/mol. The second-order valence-electron chi connectivity index (χ2n) is 15.0. The van der Waals surface area contributed by atoms with Crippen LogP contribution in [0.5, 0.6) is 0 Å². The minimum Gasteiger partial charge on any atom is -0.444 e. The summed E-state index contributed by atoms with van der Waals surface area (Å²) in [5.74, 6) is -0.326.